The van der Waals surface area contributed by atoms with E-state index in [9.17, 15) is 0 Å². The van der Waals surface area contributed by atoms with Crippen LogP contribution in [-0.2, 0) is 4.74 Å². The third kappa shape index (κ3) is 3.92. The Kier molecular flexibility index (Phi) is 5.89. The zero-order chi connectivity index (χ0) is 12.8. The third-order valence-electron chi connectivity index (χ3n) is 4.26. The number of rotatable bonds is 6. The van der Waals surface area contributed by atoms with Gasteiger partial charge in [-0.3, -0.25) is 9.80 Å². The molecule has 0 aromatic heterocycles. The van der Waals surface area contributed by atoms with Gasteiger partial charge < -0.3 is 10.1 Å². The predicted molar refractivity (Wildman–Crippen MR) is 75.0 cm³/mol. The number of hydrogen-bond donors (Lipinski definition) is 1. The Morgan fingerprint density at radius 3 is 2.94 bits per heavy atom. The van der Waals surface area contributed by atoms with Crippen molar-refractivity contribution in [2.24, 2.45) is 0 Å². The van der Waals surface area contributed by atoms with Gasteiger partial charge in [0.05, 0.1) is 6.61 Å². The summed E-state index contributed by atoms with van der Waals surface area (Å²) in [7, 11) is 1.80. The van der Waals surface area contributed by atoms with Crippen molar-refractivity contribution >= 4 is 0 Å². The molecule has 0 spiro atoms. The van der Waals surface area contributed by atoms with Crippen molar-refractivity contribution in [3.05, 3.63) is 0 Å². The lowest BCUT2D eigenvalue weighted by molar-refractivity contribution is 0.0381. The van der Waals surface area contributed by atoms with E-state index in [0.717, 1.165) is 25.7 Å². The molecule has 18 heavy (non-hydrogen) atoms. The summed E-state index contributed by atoms with van der Waals surface area (Å²) in [6.07, 6.45) is 4.22. The summed E-state index contributed by atoms with van der Waals surface area (Å²) in [5.41, 5.74) is 0. The molecular formula is C14H29N3O. The van der Waals surface area contributed by atoms with Crippen LogP contribution in [0.25, 0.3) is 0 Å². The summed E-state index contributed by atoms with van der Waals surface area (Å²) < 4.78 is 5.31. The van der Waals surface area contributed by atoms with Crippen LogP contribution in [0.4, 0.5) is 0 Å². The van der Waals surface area contributed by atoms with E-state index in [1.807, 2.05) is 0 Å². The largest absolute Gasteiger partial charge is 0.383 e. The van der Waals surface area contributed by atoms with Crippen molar-refractivity contribution in [3.8, 4) is 0 Å². The molecule has 2 rings (SSSR count). The fourth-order valence-corrected chi connectivity index (χ4v) is 3.36. The van der Waals surface area contributed by atoms with Gasteiger partial charge in [-0.05, 0) is 25.9 Å². The number of methoxy groups -OCH3 is 1. The molecule has 2 atom stereocenters. The van der Waals surface area contributed by atoms with Gasteiger partial charge in [-0.15, -0.1) is 0 Å². The Morgan fingerprint density at radius 2 is 2.17 bits per heavy atom. The second-order valence-corrected chi connectivity index (χ2v) is 5.66. The van der Waals surface area contributed by atoms with Crippen molar-refractivity contribution in [2.75, 3.05) is 53.0 Å². The van der Waals surface area contributed by atoms with E-state index < -0.39 is 0 Å². The number of nitrogens with zero attached hydrogens (tertiary/aromatic N) is 2. The lowest BCUT2D eigenvalue weighted by Crippen LogP contribution is -2.57. The molecule has 4 heteroatoms. The van der Waals surface area contributed by atoms with Crippen LogP contribution in [0.2, 0.25) is 0 Å². The highest BCUT2D eigenvalue weighted by Gasteiger charge is 2.29. The van der Waals surface area contributed by atoms with Crippen molar-refractivity contribution < 1.29 is 4.74 Å². The Bertz CT molecular complexity index is 231. The topological polar surface area (TPSA) is 27.7 Å². The van der Waals surface area contributed by atoms with Crippen LogP contribution in [-0.4, -0.2) is 74.9 Å². The Hall–Kier alpha value is -0.160. The summed E-state index contributed by atoms with van der Waals surface area (Å²) in [6, 6.07) is 1.30. The monoisotopic (exact) mass is 255 g/mol. The molecule has 2 saturated heterocycles. The number of nitrogens with one attached hydrogen (secondary N) is 1. The minimum atomic E-state index is 0.482. The van der Waals surface area contributed by atoms with Crippen molar-refractivity contribution in [3.63, 3.8) is 0 Å². The zero-order valence-corrected chi connectivity index (χ0v) is 12.0. The van der Waals surface area contributed by atoms with Crippen LogP contribution < -0.4 is 5.32 Å². The van der Waals surface area contributed by atoms with Crippen LogP contribution in [0.3, 0.4) is 0 Å². The van der Waals surface area contributed by atoms with E-state index in [0.29, 0.717) is 6.04 Å². The molecule has 0 aromatic carbocycles. The molecule has 0 aliphatic carbocycles. The number of piperidine rings is 1. The maximum absolute atomic E-state index is 5.31. The molecule has 2 fully saturated rings. The van der Waals surface area contributed by atoms with Gasteiger partial charge in [0.1, 0.15) is 0 Å². The first-order valence-corrected chi connectivity index (χ1v) is 7.52. The Morgan fingerprint density at radius 1 is 1.28 bits per heavy atom. The highest BCUT2D eigenvalue weighted by molar-refractivity contribution is 4.86. The number of piperazine rings is 1. The van der Waals surface area contributed by atoms with Crippen LogP contribution in [0.15, 0.2) is 0 Å². The second-order valence-electron chi connectivity index (χ2n) is 5.66. The highest BCUT2D eigenvalue weighted by atomic mass is 16.5. The van der Waals surface area contributed by atoms with Gasteiger partial charge in [-0.2, -0.15) is 0 Å². The van der Waals surface area contributed by atoms with E-state index in [2.05, 4.69) is 22.0 Å². The molecule has 1 N–H and O–H groups in total. The fourth-order valence-electron chi connectivity index (χ4n) is 3.36. The van der Waals surface area contributed by atoms with E-state index in [-0.39, 0.29) is 0 Å². The van der Waals surface area contributed by atoms with E-state index in [1.54, 1.807) is 7.11 Å². The highest BCUT2D eigenvalue weighted by Crippen LogP contribution is 2.21. The van der Waals surface area contributed by atoms with Gasteiger partial charge in [0.25, 0.3) is 0 Å². The van der Waals surface area contributed by atoms with Gasteiger partial charge in [0.2, 0.25) is 0 Å². The molecule has 2 aliphatic heterocycles. The quantitative estimate of drug-likeness (QED) is 0.759. The molecule has 2 heterocycles. The van der Waals surface area contributed by atoms with Crippen molar-refractivity contribution in [1.29, 1.82) is 0 Å². The van der Waals surface area contributed by atoms with Gasteiger partial charge >= 0.3 is 0 Å². The first-order valence-electron chi connectivity index (χ1n) is 7.52. The minimum absolute atomic E-state index is 0.482. The fraction of sp³-hybridized carbons (Fsp3) is 1.00. The maximum atomic E-state index is 5.31. The van der Waals surface area contributed by atoms with E-state index in [4.69, 9.17) is 4.74 Å². The smallest absolute Gasteiger partial charge is 0.0628 e. The summed E-state index contributed by atoms with van der Waals surface area (Å²) in [6.45, 7) is 10.2. The average Bonchev–Trinajstić information content (AvgIpc) is 2.39. The summed E-state index contributed by atoms with van der Waals surface area (Å²) in [4.78, 5) is 5.32. The Balaban J connectivity index is 1.78. The number of fused-ring (bicyclic) bond motifs is 1. The van der Waals surface area contributed by atoms with Gasteiger partial charge in [0.15, 0.2) is 0 Å². The summed E-state index contributed by atoms with van der Waals surface area (Å²) in [5.74, 6) is 0. The SMILES string of the molecule is CCNC(COC)CN1CCN2CCCCC2C1. The molecule has 0 aromatic rings. The maximum Gasteiger partial charge on any atom is 0.0628 e. The number of ether oxygens (including phenoxy) is 1. The molecule has 0 amide bonds. The first kappa shape index (κ1) is 14.3. The lowest BCUT2D eigenvalue weighted by Gasteiger charge is -2.44. The molecule has 106 valence electrons. The molecule has 4 nitrogen and oxygen atoms in total. The summed E-state index contributed by atoms with van der Waals surface area (Å²) in [5, 5.41) is 3.52. The molecule has 0 bridgehead atoms. The first-order chi connectivity index (χ1) is 8.83. The average molecular weight is 255 g/mol. The van der Waals surface area contributed by atoms with E-state index >= 15 is 0 Å². The van der Waals surface area contributed by atoms with Crippen LogP contribution >= 0.6 is 0 Å². The van der Waals surface area contributed by atoms with Crippen molar-refractivity contribution in [2.45, 2.75) is 38.3 Å². The zero-order valence-electron chi connectivity index (χ0n) is 12.0. The normalized spacial score (nSPS) is 28.0. The van der Waals surface area contributed by atoms with Gasteiger partial charge in [-0.25, -0.2) is 0 Å². The molecular weight excluding hydrogens is 226 g/mol. The van der Waals surface area contributed by atoms with Crippen LogP contribution in [0.1, 0.15) is 26.2 Å². The van der Waals surface area contributed by atoms with Gasteiger partial charge in [0, 0.05) is 45.4 Å². The standard InChI is InChI=1S/C14H29N3O/c1-3-15-13(12-18-2)10-16-8-9-17-7-5-4-6-14(17)11-16/h13-15H,3-12H2,1-2H3. The predicted octanol–water partition coefficient (Wildman–Crippen LogP) is 0.781. The number of hydrogen-bond acceptors (Lipinski definition) is 4. The minimum Gasteiger partial charge on any atom is -0.383 e. The second kappa shape index (κ2) is 7.43. The van der Waals surface area contributed by atoms with Crippen LogP contribution in [0, 0.1) is 0 Å². The third-order valence-corrected chi connectivity index (χ3v) is 4.26. The van der Waals surface area contributed by atoms with Gasteiger partial charge in [-0.1, -0.05) is 13.3 Å². The van der Waals surface area contributed by atoms with Crippen molar-refractivity contribution in [1.82, 2.24) is 15.1 Å². The molecule has 0 saturated carbocycles. The molecule has 0 radical (unpaired) electrons. The molecule has 2 unspecified atom stereocenters. The lowest BCUT2D eigenvalue weighted by atomic mass is 9.99. The number of likely N-dealkylation sites (N-methyl/N-ethyl adjacent to an activating group) is 1. The molecule has 2 aliphatic rings. The Labute approximate surface area is 112 Å². The van der Waals surface area contributed by atoms with Crippen LogP contribution in [0.5, 0.6) is 0 Å². The van der Waals surface area contributed by atoms with E-state index in [1.165, 1.54) is 45.4 Å². The summed E-state index contributed by atoms with van der Waals surface area (Å²) >= 11 is 0.